The lowest BCUT2D eigenvalue weighted by molar-refractivity contribution is -0.136. The van der Waals surface area contributed by atoms with E-state index < -0.39 is 0 Å². The van der Waals surface area contributed by atoms with Crippen molar-refractivity contribution < 1.29 is 9.59 Å². The van der Waals surface area contributed by atoms with E-state index in [2.05, 4.69) is 27.2 Å². The van der Waals surface area contributed by atoms with Gasteiger partial charge in [-0.25, -0.2) is 0 Å². The summed E-state index contributed by atoms with van der Waals surface area (Å²) in [5.41, 5.74) is 2.96. The molecule has 2 amide bonds. The number of hydrogen-bond donors (Lipinski definition) is 1. The minimum absolute atomic E-state index is 0.0104. The van der Waals surface area contributed by atoms with Gasteiger partial charge in [0, 0.05) is 43.5 Å². The van der Waals surface area contributed by atoms with Gasteiger partial charge in [-0.3, -0.25) is 9.59 Å². The molecule has 1 saturated carbocycles. The third kappa shape index (κ3) is 5.21. The van der Waals surface area contributed by atoms with E-state index >= 15 is 0 Å². The molecule has 0 radical (unpaired) electrons. The van der Waals surface area contributed by atoms with Crippen LogP contribution in [-0.2, 0) is 16.0 Å². The molecule has 2 aromatic carbocycles. The van der Waals surface area contributed by atoms with E-state index in [0.29, 0.717) is 12.3 Å². The van der Waals surface area contributed by atoms with Crippen LogP contribution in [0.15, 0.2) is 54.6 Å². The van der Waals surface area contributed by atoms with Gasteiger partial charge in [0.15, 0.2) is 0 Å². The smallest absolute Gasteiger partial charge is 0.228 e. The molecule has 30 heavy (non-hydrogen) atoms. The maximum Gasteiger partial charge on any atom is 0.228 e. The van der Waals surface area contributed by atoms with E-state index in [1.54, 1.807) is 0 Å². The number of benzene rings is 2. The number of rotatable bonds is 5. The lowest BCUT2D eigenvalue weighted by Crippen LogP contribution is -2.50. The van der Waals surface area contributed by atoms with Gasteiger partial charge in [0.1, 0.15) is 0 Å². The Kier molecular flexibility index (Phi) is 6.67. The summed E-state index contributed by atoms with van der Waals surface area (Å²) in [5, 5.41) is 2.97. The van der Waals surface area contributed by atoms with E-state index in [4.69, 9.17) is 0 Å². The van der Waals surface area contributed by atoms with Crippen LogP contribution in [0.5, 0.6) is 0 Å². The Morgan fingerprint density at radius 3 is 2.17 bits per heavy atom. The highest BCUT2D eigenvalue weighted by Crippen LogP contribution is 2.26. The van der Waals surface area contributed by atoms with Crippen LogP contribution in [0.4, 0.5) is 11.4 Å². The molecule has 2 aliphatic rings. The molecule has 158 valence electrons. The third-order valence-electron chi connectivity index (χ3n) is 6.27. The molecular formula is C25H31N3O2. The summed E-state index contributed by atoms with van der Waals surface area (Å²) in [7, 11) is 0. The Morgan fingerprint density at radius 1 is 0.833 bits per heavy atom. The van der Waals surface area contributed by atoms with Gasteiger partial charge in [-0.1, -0.05) is 49.6 Å². The molecule has 0 atom stereocenters. The maximum absolute atomic E-state index is 12.7. The topological polar surface area (TPSA) is 52.7 Å². The highest BCUT2D eigenvalue weighted by molar-refractivity contribution is 5.92. The summed E-state index contributed by atoms with van der Waals surface area (Å²) in [4.78, 5) is 29.4. The van der Waals surface area contributed by atoms with E-state index in [0.717, 1.165) is 56.0 Å². The van der Waals surface area contributed by atoms with Crippen molar-refractivity contribution in [2.75, 3.05) is 36.4 Å². The van der Waals surface area contributed by atoms with Gasteiger partial charge in [-0.2, -0.15) is 0 Å². The van der Waals surface area contributed by atoms with Crippen LogP contribution in [0.2, 0.25) is 0 Å². The molecule has 0 unspecified atom stereocenters. The SMILES string of the molecule is O=C(Cc1ccccc1)Nc1ccc(N2CCN(C(=O)C3CCCCC3)CC2)cc1. The second-order valence-electron chi connectivity index (χ2n) is 8.40. The monoisotopic (exact) mass is 405 g/mol. The molecule has 2 aromatic rings. The first kappa shape index (κ1) is 20.5. The number of hydrogen-bond acceptors (Lipinski definition) is 3. The summed E-state index contributed by atoms with van der Waals surface area (Å²) in [6, 6.07) is 17.8. The van der Waals surface area contributed by atoms with E-state index in [1.807, 2.05) is 42.5 Å². The van der Waals surface area contributed by atoms with Crippen LogP contribution >= 0.6 is 0 Å². The minimum atomic E-state index is -0.0104. The first-order chi connectivity index (χ1) is 14.7. The summed E-state index contributed by atoms with van der Waals surface area (Å²) in [6.45, 7) is 3.31. The predicted molar refractivity (Wildman–Crippen MR) is 121 cm³/mol. The van der Waals surface area contributed by atoms with Gasteiger partial charge in [0.2, 0.25) is 11.8 Å². The van der Waals surface area contributed by atoms with Crippen molar-refractivity contribution in [3.05, 3.63) is 60.2 Å². The molecule has 5 nitrogen and oxygen atoms in total. The Balaban J connectivity index is 1.26. The van der Waals surface area contributed by atoms with Crippen LogP contribution in [0.3, 0.4) is 0 Å². The number of piperazine rings is 1. The van der Waals surface area contributed by atoms with Crippen molar-refractivity contribution in [3.63, 3.8) is 0 Å². The largest absolute Gasteiger partial charge is 0.368 e. The number of carbonyl (C=O) groups is 2. The molecule has 5 heteroatoms. The summed E-state index contributed by atoms with van der Waals surface area (Å²) >= 11 is 0. The molecule has 0 bridgehead atoms. The summed E-state index contributed by atoms with van der Waals surface area (Å²) in [6.07, 6.45) is 6.18. The molecule has 0 spiro atoms. The second kappa shape index (κ2) is 9.79. The fourth-order valence-corrected chi connectivity index (χ4v) is 4.53. The zero-order valence-electron chi connectivity index (χ0n) is 17.6. The minimum Gasteiger partial charge on any atom is -0.368 e. The van der Waals surface area contributed by atoms with Gasteiger partial charge < -0.3 is 15.1 Å². The lowest BCUT2D eigenvalue weighted by Gasteiger charge is -2.38. The summed E-state index contributed by atoms with van der Waals surface area (Å²) < 4.78 is 0. The quantitative estimate of drug-likeness (QED) is 0.815. The second-order valence-corrected chi connectivity index (χ2v) is 8.40. The molecular weight excluding hydrogens is 374 g/mol. The first-order valence-corrected chi connectivity index (χ1v) is 11.2. The standard InChI is InChI=1S/C25H31N3O2/c29-24(19-20-7-3-1-4-8-20)26-22-11-13-23(14-12-22)27-15-17-28(18-16-27)25(30)21-9-5-2-6-10-21/h1,3-4,7-8,11-14,21H,2,5-6,9-10,15-19H2,(H,26,29). The number of nitrogens with one attached hydrogen (secondary N) is 1. The molecule has 4 rings (SSSR count). The van der Waals surface area contributed by atoms with Crippen LogP contribution in [-0.4, -0.2) is 42.9 Å². The first-order valence-electron chi connectivity index (χ1n) is 11.2. The van der Waals surface area contributed by atoms with E-state index in [-0.39, 0.29) is 11.8 Å². The summed E-state index contributed by atoms with van der Waals surface area (Å²) in [5.74, 6) is 0.610. The van der Waals surface area contributed by atoms with Gasteiger partial charge in [-0.05, 0) is 42.7 Å². The van der Waals surface area contributed by atoms with Gasteiger partial charge >= 0.3 is 0 Å². The normalized spacial score (nSPS) is 17.6. The predicted octanol–water partition coefficient (Wildman–Crippen LogP) is 4.10. The van der Waals surface area contributed by atoms with Crippen molar-refractivity contribution >= 4 is 23.2 Å². The third-order valence-corrected chi connectivity index (χ3v) is 6.27. The van der Waals surface area contributed by atoms with Gasteiger partial charge in [-0.15, -0.1) is 0 Å². The van der Waals surface area contributed by atoms with Crippen molar-refractivity contribution in [1.29, 1.82) is 0 Å². The van der Waals surface area contributed by atoms with Crippen LogP contribution in [0.1, 0.15) is 37.7 Å². The van der Waals surface area contributed by atoms with Crippen LogP contribution < -0.4 is 10.2 Å². The number of amides is 2. The Labute approximate surface area is 179 Å². The fraction of sp³-hybridized carbons (Fsp3) is 0.440. The highest BCUT2D eigenvalue weighted by atomic mass is 16.2. The molecule has 1 aliphatic heterocycles. The van der Waals surface area contributed by atoms with Crippen molar-refractivity contribution in [3.8, 4) is 0 Å². The zero-order valence-corrected chi connectivity index (χ0v) is 17.6. The van der Waals surface area contributed by atoms with E-state index in [9.17, 15) is 9.59 Å². The number of nitrogens with zero attached hydrogens (tertiary/aromatic N) is 2. The Bertz CT molecular complexity index is 836. The van der Waals surface area contributed by atoms with Crippen LogP contribution in [0, 0.1) is 5.92 Å². The average molecular weight is 406 g/mol. The molecule has 1 aliphatic carbocycles. The highest BCUT2D eigenvalue weighted by Gasteiger charge is 2.28. The van der Waals surface area contributed by atoms with E-state index in [1.165, 1.54) is 19.3 Å². The molecule has 2 fully saturated rings. The maximum atomic E-state index is 12.7. The number of anilines is 2. The zero-order chi connectivity index (χ0) is 20.8. The van der Waals surface area contributed by atoms with Crippen molar-refractivity contribution in [2.45, 2.75) is 38.5 Å². The average Bonchev–Trinajstić information content (AvgIpc) is 2.80. The molecule has 0 aromatic heterocycles. The molecule has 1 saturated heterocycles. The van der Waals surface area contributed by atoms with Gasteiger partial charge in [0.25, 0.3) is 0 Å². The molecule has 1 heterocycles. The van der Waals surface area contributed by atoms with Crippen LogP contribution in [0.25, 0.3) is 0 Å². The lowest BCUT2D eigenvalue weighted by atomic mass is 9.88. The Hall–Kier alpha value is -2.82. The fourth-order valence-electron chi connectivity index (χ4n) is 4.53. The number of carbonyl (C=O) groups excluding carboxylic acids is 2. The molecule has 1 N–H and O–H groups in total. The van der Waals surface area contributed by atoms with Crippen molar-refractivity contribution in [1.82, 2.24) is 4.90 Å². The van der Waals surface area contributed by atoms with Crippen molar-refractivity contribution in [2.24, 2.45) is 5.92 Å². The Morgan fingerprint density at radius 2 is 1.50 bits per heavy atom. The van der Waals surface area contributed by atoms with Gasteiger partial charge in [0.05, 0.1) is 6.42 Å².